The van der Waals surface area contributed by atoms with Gasteiger partial charge in [-0.25, -0.2) is 0 Å². The van der Waals surface area contributed by atoms with Gasteiger partial charge in [-0.2, -0.15) is 0 Å². The second-order valence-corrected chi connectivity index (χ2v) is 6.74. The normalized spacial score (nSPS) is 10.4. The summed E-state index contributed by atoms with van der Waals surface area (Å²) in [6, 6.07) is 13.3. The molecular formula is C21H25N3O4. The minimum Gasteiger partial charge on any atom is -0.494 e. The highest BCUT2D eigenvalue weighted by molar-refractivity contribution is 6.05. The van der Waals surface area contributed by atoms with Gasteiger partial charge in [-0.05, 0) is 54.8 Å². The smallest absolute Gasteiger partial charge is 0.255 e. The topological polar surface area (TPSA) is 111 Å². The fourth-order valence-electron chi connectivity index (χ4n) is 2.33. The number of nitrogens with one attached hydrogen (secondary N) is 2. The van der Waals surface area contributed by atoms with Gasteiger partial charge in [0.15, 0.2) is 0 Å². The fraction of sp³-hybridized carbons (Fsp3) is 0.286. The van der Waals surface area contributed by atoms with Crippen molar-refractivity contribution < 1.29 is 19.1 Å². The molecule has 0 saturated heterocycles. The lowest BCUT2D eigenvalue weighted by atomic mass is 10.1. The molecule has 0 aliphatic carbocycles. The van der Waals surface area contributed by atoms with Crippen molar-refractivity contribution in [3.63, 3.8) is 0 Å². The largest absolute Gasteiger partial charge is 0.494 e. The quantitative estimate of drug-likeness (QED) is 0.618. The third-order valence-corrected chi connectivity index (χ3v) is 3.89. The summed E-state index contributed by atoms with van der Waals surface area (Å²) in [7, 11) is 0. The first-order chi connectivity index (χ1) is 13.3. The van der Waals surface area contributed by atoms with Crippen LogP contribution in [0.15, 0.2) is 48.5 Å². The Balaban J connectivity index is 1.96. The average Bonchev–Trinajstić information content (AvgIpc) is 2.66. The number of anilines is 1. The Labute approximate surface area is 164 Å². The van der Waals surface area contributed by atoms with Gasteiger partial charge < -0.3 is 21.1 Å². The second kappa shape index (κ2) is 10.1. The van der Waals surface area contributed by atoms with E-state index >= 15 is 0 Å². The standard InChI is InChI=1S/C21H25N3O4/c1-14(2)10-11-28-18-8-6-15(7-9-18)21(27)24-17-5-3-4-16(12-17)20(26)23-13-19(22)25/h3-9,12,14H,10-11,13H2,1-2H3,(H2,22,25)(H,23,26)(H,24,27). The molecule has 0 heterocycles. The van der Waals surface area contributed by atoms with Gasteiger partial charge in [0.2, 0.25) is 5.91 Å². The number of ether oxygens (including phenoxy) is 1. The summed E-state index contributed by atoms with van der Waals surface area (Å²) in [6.45, 7) is 4.65. The molecule has 0 fully saturated rings. The van der Waals surface area contributed by atoms with E-state index in [9.17, 15) is 14.4 Å². The van der Waals surface area contributed by atoms with Gasteiger partial charge in [0.1, 0.15) is 5.75 Å². The highest BCUT2D eigenvalue weighted by Crippen LogP contribution is 2.16. The monoisotopic (exact) mass is 383 g/mol. The molecule has 0 spiro atoms. The molecule has 0 unspecified atom stereocenters. The van der Waals surface area contributed by atoms with Crippen molar-refractivity contribution in [1.82, 2.24) is 5.32 Å². The molecule has 28 heavy (non-hydrogen) atoms. The lowest BCUT2D eigenvalue weighted by Gasteiger charge is -2.10. The van der Waals surface area contributed by atoms with Crippen LogP contribution in [0.1, 0.15) is 41.0 Å². The molecule has 2 rings (SSSR count). The maximum absolute atomic E-state index is 12.4. The number of amides is 3. The molecule has 0 aliphatic rings. The maximum Gasteiger partial charge on any atom is 0.255 e. The molecule has 0 bridgehead atoms. The molecule has 4 N–H and O–H groups in total. The van der Waals surface area contributed by atoms with Gasteiger partial charge >= 0.3 is 0 Å². The van der Waals surface area contributed by atoms with Crippen LogP contribution in [0.4, 0.5) is 5.69 Å². The Morgan fingerprint density at radius 2 is 1.71 bits per heavy atom. The zero-order chi connectivity index (χ0) is 20.5. The Bertz CT molecular complexity index is 832. The number of nitrogens with two attached hydrogens (primary N) is 1. The highest BCUT2D eigenvalue weighted by Gasteiger charge is 2.10. The lowest BCUT2D eigenvalue weighted by Crippen LogP contribution is -2.33. The van der Waals surface area contributed by atoms with Crippen LogP contribution < -0.4 is 21.1 Å². The van der Waals surface area contributed by atoms with E-state index in [2.05, 4.69) is 24.5 Å². The van der Waals surface area contributed by atoms with Crippen molar-refractivity contribution >= 4 is 23.4 Å². The maximum atomic E-state index is 12.4. The summed E-state index contributed by atoms with van der Waals surface area (Å²) < 4.78 is 5.64. The zero-order valence-corrected chi connectivity index (χ0v) is 16.0. The zero-order valence-electron chi connectivity index (χ0n) is 16.0. The van der Waals surface area contributed by atoms with E-state index in [-0.39, 0.29) is 12.5 Å². The minimum atomic E-state index is -0.630. The molecule has 0 saturated carbocycles. The van der Waals surface area contributed by atoms with E-state index < -0.39 is 11.8 Å². The van der Waals surface area contributed by atoms with Gasteiger partial charge in [0, 0.05) is 16.8 Å². The number of hydrogen-bond donors (Lipinski definition) is 3. The van der Waals surface area contributed by atoms with E-state index in [0.29, 0.717) is 35.1 Å². The predicted molar refractivity (Wildman–Crippen MR) is 107 cm³/mol. The Hall–Kier alpha value is -3.35. The van der Waals surface area contributed by atoms with Crippen LogP contribution in [-0.4, -0.2) is 30.9 Å². The summed E-state index contributed by atoms with van der Waals surface area (Å²) in [5.74, 6) is -0.0975. The van der Waals surface area contributed by atoms with Crippen molar-refractivity contribution in [2.75, 3.05) is 18.5 Å². The molecule has 7 heteroatoms. The van der Waals surface area contributed by atoms with Crippen LogP contribution in [0.3, 0.4) is 0 Å². The fourth-order valence-corrected chi connectivity index (χ4v) is 2.33. The molecule has 148 valence electrons. The lowest BCUT2D eigenvalue weighted by molar-refractivity contribution is -0.117. The Morgan fingerprint density at radius 3 is 2.36 bits per heavy atom. The number of primary amides is 1. The van der Waals surface area contributed by atoms with E-state index in [4.69, 9.17) is 10.5 Å². The van der Waals surface area contributed by atoms with Gasteiger partial charge in [0.25, 0.3) is 11.8 Å². The third kappa shape index (κ3) is 6.75. The summed E-state index contributed by atoms with van der Waals surface area (Å²) >= 11 is 0. The number of carbonyl (C=O) groups is 3. The first kappa shape index (κ1) is 21.0. The van der Waals surface area contributed by atoms with Crippen LogP contribution in [0.25, 0.3) is 0 Å². The van der Waals surface area contributed by atoms with Crippen molar-refractivity contribution in [3.8, 4) is 5.75 Å². The molecule has 2 aromatic carbocycles. The van der Waals surface area contributed by atoms with Crippen molar-refractivity contribution in [3.05, 3.63) is 59.7 Å². The summed E-state index contributed by atoms with van der Waals surface area (Å²) in [5, 5.41) is 5.14. The van der Waals surface area contributed by atoms with Gasteiger partial charge in [-0.1, -0.05) is 19.9 Å². The van der Waals surface area contributed by atoms with Gasteiger partial charge in [-0.3, -0.25) is 14.4 Å². The number of benzene rings is 2. The van der Waals surface area contributed by atoms with Crippen LogP contribution in [0.2, 0.25) is 0 Å². The number of rotatable bonds is 9. The van der Waals surface area contributed by atoms with Crippen molar-refractivity contribution in [1.29, 1.82) is 0 Å². The van der Waals surface area contributed by atoms with E-state index in [0.717, 1.165) is 6.42 Å². The van der Waals surface area contributed by atoms with Crippen LogP contribution in [0, 0.1) is 5.92 Å². The molecule has 0 atom stereocenters. The molecule has 7 nitrogen and oxygen atoms in total. The molecule has 2 aromatic rings. The average molecular weight is 383 g/mol. The second-order valence-electron chi connectivity index (χ2n) is 6.74. The third-order valence-electron chi connectivity index (χ3n) is 3.89. The predicted octanol–water partition coefficient (Wildman–Crippen LogP) is 2.58. The minimum absolute atomic E-state index is 0.249. The summed E-state index contributed by atoms with van der Waals surface area (Å²) in [6.07, 6.45) is 0.964. The Morgan fingerprint density at radius 1 is 1.00 bits per heavy atom. The number of carbonyl (C=O) groups excluding carboxylic acids is 3. The highest BCUT2D eigenvalue weighted by atomic mass is 16.5. The molecule has 3 amide bonds. The van der Waals surface area contributed by atoms with E-state index in [1.165, 1.54) is 6.07 Å². The molecule has 0 aliphatic heterocycles. The first-order valence-electron chi connectivity index (χ1n) is 9.06. The molecule has 0 radical (unpaired) electrons. The van der Waals surface area contributed by atoms with Crippen LogP contribution in [-0.2, 0) is 4.79 Å². The van der Waals surface area contributed by atoms with Crippen LogP contribution >= 0.6 is 0 Å². The first-order valence-corrected chi connectivity index (χ1v) is 9.06. The molecule has 0 aromatic heterocycles. The van der Waals surface area contributed by atoms with E-state index in [1.807, 2.05) is 0 Å². The van der Waals surface area contributed by atoms with Gasteiger partial charge in [-0.15, -0.1) is 0 Å². The summed E-state index contributed by atoms with van der Waals surface area (Å²) in [5.41, 5.74) is 6.26. The van der Waals surface area contributed by atoms with Crippen LogP contribution in [0.5, 0.6) is 5.75 Å². The Kier molecular flexibility index (Phi) is 7.56. The van der Waals surface area contributed by atoms with E-state index in [1.54, 1.807) is 42.5 Å². The molecular weight excluding hydrogens is 358 g/mol. The SMILES string of the molecule is CC(C)CCOc1ccc(C(=O)Nc2cccc(C(=O)NCC(N)=O)c2)cc1. The van der Waals surface area contributed by atoms with Crippen molar-refractivity contribution in [2.24, 2.45) is 11.7 Å². The number of hydrogen-bond acceptors (Lipinski definition) is 4. The van der Waals surface area contributed by atoms with Gasteiger partial charge in [0.05, 0.1) is 13.2 Å². The summed E-state index contributed by atoms with van der Waals surface area (Å²) in [4.78, 5) is 35.1. The van der Waals surface area contributed by atoms with Crippen molar-refractivity contribution in [2.45, 2.75) is 20.3 Å².